The van der Waals surface area contributed by atoms with Crippen LogP contribution in [0.1, 0.15) is 54.1 Å². The molecule has 3 N–H and O–H groups in total. The smallest absolute Gasteiger partial charge is 0.341 e. The zero-order chi connectivity index (χ0) is 17.9. The number of pyridine rings is 1. The van der Waals surface area contributed by atoms with Gasteiger partial charge >= 0.3 is 5.97 Å². The number of benzene rings is 1. The topological polar surface area (TPSA) is 94.6 Å². The maximum absolute atomic E-state index is 14.9. The SMILES string of the molecule is CC1COc2c(C3CCC(N)C3)c(F)cc3c(=O)c(C(=O)O)cn1c23. The van der Waals surface area contributed by atoms with Crippen LogP contribution >= 0.6 is 0 Å². The highest BCUT2D eigenvalue weighted by Crippen LogP contribution is 2.44. The Balaban J connectivity index is 2.07. The van der Waals surface area contributed by atoms with Gasteiger partial charge in [-0.3, -0.25) is 4.79 Å². The van der Waals surface area contributed by atoms with Crippen LogP contribution in [0.15, 0.2) is 17.1 Å². The van der Waals surface area contributed by atoms with Gasteiger partial charge in [-0.05, 0) is 38.2 Å². The predicted molar refractivity (Wildman–Crippen MR) is 89.9 cm³/mol. The number of hydrogen-bond acceptors (Lipinski definition) is 4. The molecule has 7 heteroatoms. The average molecular weight is 346 g/mol. The molecule has 1 aliphatic heterocycles. The minimum Gasteiger partial charge on any atom is -0.489 e. The van der Waals surface area contributed by atoms with Crippen molar-refractivity contribution in [3.05, 3.63) is 39.4 Å². The van der Waals surface area contributed by atoms with Crippen molar-refractivity contribution in [2.45, 2.75) is 44.2 Å². The Morgan fingerprint density at radius 1 is 1.44 bits per heavy atom. The summed E-state index contributed by atoms with van der Waals surface area (Å²) in [6.45, 7) is 2.16. The molecule has 1 saturated carbocycles. The normalized spacial score (nSPS) is 25.2. The van der Waals surface area contributed by atoms with Crippen LogP contribution in [0.5, 0.6) is 5.75 Å². The Kier molecular flexibility index (Phi) is 3.57. The molecule has 0 radical (unpaired) electrons. The maximum Gasteiger partial charge on any atom is 0.341 e. The third-order valence-corrected chi connectivity index (χ3v) is 5.31. The van der Waals surface area contributed by atoms with E-state index in [1.165, 1.54) is 6.20 Å². The van der Waals surface area contributed by atoms with Gasteiger partial charge in [-0.15, -0.1) is 0 Å². The zero-order valence-electron chi connectivity index (χ0n) is 13.8. The molecular formula is C18H19FN2O4. The van der Waals surface area contributed by atoms with Crippen molar-refractivity contribution >= 4 is 16.9 Å². The van der Waals surface area contributed by atoms with Gasteiger partial charge in [0.25, 0.3) is 0 Å². The molecule has 0 bridgehead atoms. The van der Waals surface area contributed by atoms with E-state index in [4.69, 9.17) is 10.5 Å². The molecule has 6 nitrogen and oxygen atoms in total. The Morgan fingerprint density at radius 2 is 2.20 bits per heavy atom. The van der Waals surface area contributed by atoms with Gasteiger partial charge in [0, 0.05) is 17.8 Å². The average Bonchev–Trinajstić information content (AvgIpc) is 2.98. The van der Waals surface area contributed by atoms with Crippen molar-refractivity contribution in [2.75, 3.05) is 6.61 Å². The van der Waals surface area contributed by atoms with Crippen molar-refractivity contribution in [3.63, 3.8) is 0 Å². The lowest BCUT2D eigenvalue weighted by Crippen LogP contribution is -2.27. The standard InChI is InChI=1S/C18H19FN2O4/c1-8-7-25-17-14(9-2-3-10(20)4-9)13(19)5-11-15(17)21(8)6-12(16(11)22)18(23)24/h5-6,8-10H,2-4,7,20H2,1H3,(H,23,24). The fourth-order valence-corrected chi connectivity index (χ4v) is 4.06. The number of aromatic carboxylic acids is 1. The molecule has 0 spiro atoms. The molecule has 3 unspecified atom stereocenters. The van der Waals surface area contributed by atoms with E-state index in [0.29, 0.717) is 29.9 Å². The Hall–Kier alpha value is -2.41. The summed E-state index contributed by atoms with van der Waals surface area (Å²) in [5.41, 5.74) is 5.87. The number of carbonyl (C=O) groups is 1. The molecule has 0 saturated heterocycles. The summed E-state index contributed by atoms with van der Waals surface area (Å²) in [4.78, 5) is 23.9. The lowest BCUT2D eigenvalue weighted by Gasteiger charge is -2.29. The summed E-state index contributed by atoms with van der Waals surface area (Å²) >= 11 is 0. The quantitative estimate of drug-likeness (QED) is 0.871. The van der Waals surface area contributed by atoms with E-state index in [0.717, 1.165) is 18.9 Å². The first-order valence-electron chi connectivity index (χ1n) is 8.41. The monoisotopic (exact) mass is 346 g/mol. The van der Waals surface area contributed by atoms with Crippen molar-refractivity contribution in [2.24, 2.45) is 5.73 Å². The maximum atomic E-state index is 14.9. The summed E-state index contributed by atoms with van der Waals surface area (Å²) in [5, 5.41) is 9.34. The molecule has 4 rings (SSSR count). The molecule has 132 valence electrons. The van der Waals surface area contributed by atoms with Gasteiger partial charge in [-0.1, -0.05) is 0 Å². The first-order chi connectivity index (χ1) is 11.9. The fourth-order valence-electron chi connectivity index (χ4n) is 4.06. The minimum atomic E-state index is -1.32. The highest BCUT2D eigenvalue weighted by Gasteiger charge is 2.33. The van der Waals surface area contributed by atoms with Gasteiger partial charge < -0.3 is 20.1 Å². The van der Waals surface area contributed by atoms with Crippen LogP contribution in [0.3, 0.4) is 0 Å². The van der Waals surface area contributed by atoms with Gasteiger partial charge in [-0.2, -0.15) is 0 Å². The van der Waals surface area contributed by atoms with Gasteiger partial charge in [-0.25, -0.2) is 9.18 Å². The van der Waals surface area contributed by atoms with Crippen molar-refractivity contribution in [1.29, 1.82) is 0 Å². The second-order valence-electron chi connectivity index (χ2n) is 7.01. The van der Waals surface area contributed by atoms with E-state index in [2.05, 4.69) is 0 Å². The Morgan fingerprint density at radius 3 is 2.84 bits per heavy atom. The summed E-state index contributed by atoms with van der Waals surface area (Å²) in [6.07, 6.45) is 3.60. The minimum absolute atomic E-state index is 0.0337. The molecule has 1 aromatic carbocycles. The second kappa shape index (κ2) is 5.56. The molecule has 1 aliphatic carbocycles. The van der Waals surface area contributed by atoms with E-state index in [-0.39, 0.29) is 29.0 Å². The van der Waals surface area contributed by atoms with Crippen LogP contribution < -0.4 is 15.9 Å². The van der Waals surface area contributed by atoms with E-state index < -0.39 is 17.2 Å². The predicted octanol–water partition coefficient (Wildman–Crippen LogP) is 2.39. The molecule has 2 heterocycles. The molecular weight excluding hydrogens is 327 g/mol. The van der Waals surface area contributed by atoms with Crippen molar-refractivity contribution in [1.82, 2.24) is 4.57 Å². The van der Waals surface area contributed by atoms with Crippen LogP contribution in [-0.4, -0.2) is 28.3 Å². The number of hydrogen-bond donors (Lipinski definition) is 2. The number of carboxylic acids is 1. The highest BCUT2D eigenvalue weighted by molar-refractivity contribution is 5.95. The van der Waals surface area contributed by atoms with Crippen LogP contribution in [0, 0.1) is 5.82 Å². The van der Waals surface area contributed by atoms with Gasteiger partial charge in [0.15, 0.2) is 0 Å². The summed E-state index contributed by atoms with van der Waals surface area (Å²) in [5.74, 6) is -1.53. The molecule has 25 heavy (non-hydrogen) atoms. The molecule has 1 fully saturated rings. The van der Waals surface area contributed by atoms with Crippen molar-refractivity contribution in [3.8, 4) is 5.75 Å². The van der Waals surface area contributed by atoms with E-state index >= 15 is 0 Å². The van der Waals surface area contributed by atoms with E-state index in [1.807, 2.05) is 6.92 Å². The van der Waals surface area contributed by atoms with Gasteiger partial charge in [0.05, 0.1) is 16.9 Å². The zero-order valence-corrected chi connectivity index (χ0v) is 13.8. The first-order valence-corrected chi connectivity index (χ1v) is 8.41. The lowest BCUT2D eigenvalue weighted by atomic mass is 9.93. The number of halogens is 1. The Bertz CT molecular complexity index is 952. The highest BCUT2D eigenvalue weighted by atomic mass is 19.1. The third kappa shape index (κ3) is 2.33. The molecule has 1 aromatic heterocycles. The first kappa shape index (κ1) is 16.1. The number of rotatable bonds is 2. The van der Waals surface area contributed by atoms with Crippen LogP contribution in [0.4, 0.5) is 4.39 Å². The largest absolute Gasteiger partial charge is 0.489 e. The second-order valence-corrected chi connectivity index (χ2v) is 7.01. The van der Waals surface area contributed by atoms with E-state index in [1.54, 1.807) is 4.57 Å². The molecule has 3 atom stereocenters. The van der Waals surface area contributed by atoms with Crippen LogP contribution in [0.2, 0.25) is 0 Å². The number of aromatic nitrogens is 1. The number of carboxylic acid groups (broad SMARTS) is 1. The Labute approximate surface area is 143 Å². The summed E-state index contributed by atoms with van der Waals surface area (Å²) < 4.78 is 22.4. The van der Waals surface area contributed by atoms with Gasteiger partial charge in [0.1, 0.15) is 23.7 Å². The molecule has 2 aromatic rings. The molecule has 2 aliphatic rings. The van der Waals surface area contributed by atoms with Crippen LogP contribution in [0.25, 0.3) is 10.9 Å². The number of nitrogens with zero attached hydrogens (tertiary/aromatic N) is 1. The number of nitrogens with two attached hydrogens (primary N) is 1. The van der Waals surface area contributed by atoms with Crippen LogP contribution in [-0.2, 0) is 0 Å². The summed E-state index contributed by atoms with van der Waals surface area (Å²) in [7, 11) is 0. The lowest BCUT2D eigenvalue weighted by molar-refractivity contribution is 0.0694. The number of ether oxygens (including phenoxy) is 1. The van der Waals surface area contributed by atoms with Gasteiger partial charge in [0.2, 0.25) is 5.43 Å². The molecule has 0 amide bonds. The van der Waals surface area contributed by atoms with E-state index in [9.17, 15) is 19.1 Å². The fraction of sp³-hybridized carbons (Fsp3) is 0.444. The third-order valence-electron chi connectivity index (χ3n) is 5.31. The van der Waals surface area contributed by atoms with Crippen molar-refractivity contribution < 1.29 is 19.0 Å². The summed E-state index contributed by atoms with van der Waals surface area (Å²) in [6, 6.07) is 1.04.